The highest BCUT2D eigenvalue weighted by atomic mass is 79.9. The summed E-state index contributed by atoms with van der Waals surface area (Å²) in [5.74, 6) is -3.31. The first-order valence-corrected chi connectivity index (χ1v) is 11.3. The normalized spacial score (nSPS) is 11.2. The smallest absolute Gasteiger partial charge is 0.491 e. The van der Waals surface area contributed by atoms with E-state index < -0.39 is 23.8 Å². The number of esters is 1. The van der Waals surface area contributed by atoms with Gasteiger partial charge in [0.1, 0.15) is 23.9 Å². The zero-order chi connectivity index (χ0) is 26.6. The molecule has 2 aromatic carbocycles. The number of hydrogen-bond donors (Lipinski definition) is 2. The molecule has 0 bridgehead atoms. The summed E-state index contributed by atoms with van der Waals surface area (Å²) >= 11 is 9.33. The van der Waals surface area contributed by atoms with Crippen molar-refractivity contribution in [1.82, 2.24) is 9.78 Å². The van der Waals surface area contributed by atoms with E-state index in [-0.39, 0.29) is 28.9 Å². The number of methoxy groups -OCH3 is 1. The lowest BCUT2D eigenvalue weighted by Crippen LogP contribution is -2.28. The van der Waals surface area contributed by atoms with E-state index in [1.54, 1.807) is 25.2 Å². The minimum absolute atomic E-state index is 0.0128. The van der Waals surface area contributed by atoms with Crippen molar-refractivity contribution in [1.29, 1.82) is 0 Å². The van der Waals surface area contributed by atoms with Crippen molar-refractivity contribution in [2.45, 2.75) is 6.18 Å². The first kappa shape index (κ1) is 27.3. The Balaban J connectivity index is 1.98. The van der Waals surface area contributed by atoms with Crippen LogP contribution in [0.2, 0.25) is 5.02 Å². The van der Waals surface area contributed by atoms with Crippen LogP contribution >= 0.6 is 27.5 Å². The number of carbonyl (C=O) groups is 2. The quantitative estimate of drug-likeness (QED) is 0.291. The molecule has 36 heavy (non-hydrogen) atoms. The largest absolute Gasteiger partial charge is 0.497 e. The lowest BCUT2D eigenvalue weighted by molar-refractivity contribution is -0.189. The Morgan fingerprint density at radius 1 is 1.22 bits per heavy atom. The summed E-state index contributed by atoms with van der Waals surface area (Å²) < 4.78 is 54.5. The molecular weight excluding hydrogens is 573 g/mol. The van der Waals surface area contributed by atoms with Gasteiger partial charge in [-0.1, -0.05) is 11.6 Å². The molecule has 1 aromatic heterocycles. The number of nitrogens with zero attached hydrogens (tertiary/aromatic N) is 2. The molecular formula is C22H19BrClF3N4O5. The summed E-state index contributed by atoms with van der Waals surface area (Å²) in [4.78, 5) is 24.4. The highest BCUT2D eigenvalue weighted by molar-refractivity contribution is 9.10. The molecule has 3 aromatic rings. The Hall–Kier alpha value is -3.29. The summed E-state index contributed by atoms with van der Waals surface area (Å²) in [7, 11) is 2.92. The molecule has 1 heterocycles. The van der Waals surface area contributed by atoms with E-state index in [0.29, 0.717) is 27.7 Å². The van der Waals surface area contributed by atoms with Gasteiger partial charge < -0.3 is 25.3 Å². The molecule has 192 valence electrons. The van der Waals surface area contributed by atoms with Gasteiger partial charge in [-0.15, -0.1) is 0 Å². The summed E-state index contributed by atoms with van der Waals surface area (Å²) in [6.45, 7) is 0.493. The van der Waals surface area contributed by atoms with E-state index in [1.165, 1.54) is 24.1 Å². The fourth-order valence-corrected chi connectivity index (χ4v) is 3.85. The van der Waals surface area contributed by atoms with E-state index in [9.17, 15) is 22.8 Å². The Labute approximate surface area is 216 Å². The molecule has 9 nitrogen and oxygen atoms in total. The molecule has 0 saturated carbocycles. The van der Waals surface area contributed by atoms with Gasteiger partial charge in [-0.3, -0.25) is 9.48 Å². The van der Waals surface area contributed by atoms with Crippen molar-refractivity contribution < 1.29 is 37.0 Å². The number of benzene rings is 2. The first-order valence-electron chi connectivity index (χ1n) is 10.1. The number of carbonyl (C=O) groups excluding carboxylic acids is 2. The molecule has 0 aliphatic carbocycles. The van der Waals surface area contributed by atoms with Crippen LogP contribution in [0.25, 0.3) is 11.3 Å². The second-order valence-electron chi connectivity index (χ2n) is 7.14. The summed E-state index contributed by atoms with van der Waals surface area (Å²) in [5, 5.41) is 7.09. The summed E-state index contributed by atoms with van der Waals surface area (Å²) in [6.07, 6.45) is -3.78. The van der Waals surface area contributed by atoms with E-state index in [4.69, 9.17) is 26.8 Å². The molecule has 14 heteroatoms. The number of halogens is 5. The lowest BCUT2D eigenvalue weighted by atomic mass is 10.1. The van der Waals surface area contributed by atoms with Crippen LogP contribution in [-0.2, 0) is 11.8 Å². The van der Waals surface area contributed by atoms with Gasteiger partial charge in [0, 0.05) is 30.9 Å². The van der Waals surface area contributed by atoms with E-state index in [0.717, 1.165) is 6.07 Å². The Morgan fingerprint density at radius 3 is 2.53 bits per heavy atom. The number of aryl methyl sites for hydroxylation is 1. The van der Waals surface area contributed by atoms with Crippen LogP contribution in [0.1, 0.15) is 10.4 Å². The minimum Gasteiger partial charge on any atom is -0.497 e. The number of rotatable bonds is 8. The molecule has 0 unspecified atom stereocenters. The third-order valence-corrected chi connectivity index (χ3v) is 5.78. The lowest BCUT2D eigenvalue weighted by Gasteiger charge is -2.16. The van der Waals surface area contributed by atoms with Crippen LogP contribution in [0.4, 0.5) is 18.9 Å². The van der Waals surface area contributed by atoms with Gasteiger partial charge in [0.2, 0.25) is 0 Å². The molecule has 0 aliphatic rings. The van der Waals surface area contributed by atoms with Crippen LogP contribution in [0, 0.1) is 0 Å². The molecule has 0 aliphatic heterocycles. The zero-order valence-electron chi connectivity index (χ0n) is 18.8. The number of nitrogens with one attached hydrogen (secondary N) is 1. The standard InChI is InChI=1S/C22H19BrClF3N4O5/c1-31-19(15(24)10-29-31)13-7-11(3-4-16(13)35-6-5-28)30-20(32)14-8-12(34-2)9-17(18(14)23)36-21(33)22(25,26)27/h3-4,7-10H,5-6,28H2,1-2H3,(H,30,32). The van der Waals surface area contributed by atoms with Gasteiger partial charge in [-0.05, 0) is 40.2 Å². The van der Waals surface area contributed by atoms with E-state index in [2.05, 4.69) is 31.1 Å². The second-order valence-corrected chi connectivity index (χ2v) is 8.34. The van der Waals surface area contributed by atoms with Gasteiger partial charge in [-0.25, -0.2) is 4.79 Å². The number of nitrogens with two attached hydrogens (primary N) is 1. The number of hydrogen-bond acceptors (Lipinski definition) is 7. The number of anilines is 1. The van der Waals surface area contributed by atoms with Gasteiger partial charge in [0.25, 0.3) is 5.91 Å². The molecule has 0 spiro atoms. The average molecular weight is 592 g/mol. The van der Waals surface area contributed by atoms with Gasteiger partial charge in [-0.2, -0.15) is 18.3 Å². The molecule has 0 atom stereocenters. The highest BCUT2D eigenvalue weighted by Gasteiger charge is 2.42. The van der Waals surface area contributed by atoms with E-state index in [1.807, 2.05) is 0 Å². The maximum absolute atomic E-state index is 13.1. The molecule has 3 rings (SSSR count). The third-order valence-electron chi connectivity index (χ3n) is 4.69. The van der Waals surface area contributed by atoms with Crippen LogP contribution < -0.4 is 25.3 Å². The molecule has 0 saturated heterocycles. The SMILES string of the molecule is COc1cc(OC(=O)C(F)(F)F)c(Br)c(C(=O)Nc2ccc(OCCN)c(-c3c(Cl)cnn3C)c2)c1. The van der Waals surface area contributed by atoms with Crippen molar-refractivity contribution in [3.8, 4) is 28.5 Å². The minimum atomic E-state index is -5.23. The molecule has 0 radical (unpaired) electrons. The molecule has 3 N–H and O–H groups in total. The van der Waals surface area contributed by atoms with Gasteiger partial charge in [0.15, 0.2) is 0 Å². The van der Waals surface area contributed by atoms with Crippen molar-refractivity contribution in [3.63, 3.8) is 0 Å². The van der Waals surface area contributed by atoms with Crippen LogP contribution in [-0.4, -0.2) is 48.1 Å². The van der Waals surface area contributed by atoms with Crippen LogP contribution in [0.3, 0.4) is 0 Å². The van der Waals surface area contributed by atoms with Crippen molar-refractivity contribution in [2.24, 2.45) is 12.8 Å². The van der Waals surface area contributed by atoms with Crippen LogP contribution in [0.15, 0.2) is 41.0 Å². The Bertz CT molecular complexity index is 1280. The predicted molar refractivity (Wildman–Crippen MR) is 129 cm³/mol. The number of alkyl halides is 3. The third kappa shape index (κ3) is 6.09. The molecule has 0 fully saturated rings. The maximum atomic E-state index is 13.1. The second kappa shape index (κ2) is 11.2. The number of aromatic nitrogens is 2. The Morgan fingerprint density at radius 2 is 1.94 bits per heavy atom. The number of amides is 1. The van der Waals surface area contributed by atoms with E-state index >= 15 is 0 Å². The maximum Gasteiger partial charge on any atom is 0.491 e. The monoisotopic (exact) mass is 590 g/mol. The fraction of sp³-hybridized carbons (Fsp3) is 0.227. The Kier molecular flexibility index (Phi) is 8.48. The van der Waals surface area contributed by atoms with Crippen LogP contribution in [0.5, 0.6) is 17.2 Å². The first-order chi connectivity index (χ1) is 17.0. The van der Waals surface area contributed by atoms with Crippen molar-refractivity contribution >= 4 is 45.1 Å². The molecule has 1 amide bonds. The topological polar surface area (TPSA) is 118 Å². The van der Waals surface area contributed by atoms with Gasteiger partial charge >= 0.3 is 12.1 Å². The van der Waals surface area contributed by atoms with Crippen molar-refractivity contribution in [3.05, 3.63) is 51.6 Å². The van der Waals surface area contributed by atoms with Gasteiger partial charge in [0.05, 0.1) is 34.1 Å². The fourth-order valence-electron chi connectivity index (χ4n) is 3.09. The van der Waals surface area contributed by atoms with Crippen molar-refractivity contribution in [2.75, 3.05) is 25.6 Å². The zero-order valence-corrected chi connectivity index (χ0v) is 21.1. The highest BCUT2D eigenvalue weighted by Crippen LogP contribution is 2.38. The average Bonchev–Trinajstić information content (AvgIpc) is 3.16. The summed E-state index contributed by atoms with van der Waals surface area (Å²) in [6, 6.07) is 7.04. The predicted octanol–water partition coefficient (Wildman–Crippen LogP) is 4.57. The summed E-state index contributed by atoms with van der Waals surface area (Å²) in [5.41, 5.74) is 6.71. The number of ether oxygens (including phenoxy) is 3.